The van der Waals surface area contributed by atoms with Crippen LogP contribution in [0.5, 0.6) is 11.5 Å². The maximum absolute atomic E-state index is 13.1. The van der Waals surface area contributed by atoms with Crippen molar-refractivity contribution in [2.45, 2.75) is 6.10 Å². The number of nitrogens with one attached hydrogen (secondary N) is 1. The molecule has 0 saturated heterocycles. The van der Waals surface area contributed by atoms with Gasteiger partial charge in [0.25, 0.3) is 5.91 Å². The number of benzene rings is 3. The quantitative estimate of drug-likeness (QED) is 0.484. The van der Waals surface area contributed by atoms with Crippen LogP contribution in [0.2, 0.25) is 5.02 Å². The molecule has 0 aliphatic heterocycles. The average Bonchev–Trinajstić information content (AvgIpc) is 2.80. The molecule has 6 heteroatoms. The predicted molar refractivity (Wildman–Crippen MR) is 123 cm³/mol. The molecule has 1 amide bonds. The Bertz CT molecular complexity index is 1090. The Morgan fingerprint density at radius 1 is 1.03 bits per heavy atom. The van der Waals surface area contributed by atoms with Gasteiger partial charge >= 0.3 is 0 Å². The Kier molecular flexibility index (Phi) is 7.55. The third-order valence-electron chi connectivity index (χ3n) is 4.62. The molecular weight excluding hydrogens is 414 g/mol. The molecule has 0 radical (unpaired) electrons. The molecule has 3 aromatic carbocycles. The predicted octanol–water partition coefficient (Wildman–Crippen LogP) is 5.35. The molecule has 0 aliphatic carbocycles. The van der Waals surface area contributed by atoms with E-state index in [0.717, 1.165) is 11.1 Å². The van der Waals surface area contributed by atoms with Crippen molar-refractivity contribution in [2.24, 2.45) is 0 Å². The molecule has 5 nitrogen and oxygen atoms in total. The number of methoxy groups -OCH3 is 2. The normalized spacial score (nSPS) is 11.3. The van der Waals surface area contributed by atoms with Gasteiger partial charge in [-0.3, -0.25) is 4.79 Å². The molecule has 1 N–H and O–H groups in total. The van der Waals surface area contributed by atoms with Gasteiger partial charge < -0.3 is 19.5 Å². The first kappa shape index (κ1) is 22.2. The minimum Gasteiger partial charge on any atom is -0.493 e. The Morgan fingerprint density at radius 3 is 2.42 bits per heavy atom. The van der Waals surface area contributed by atoms with Crippen LogP contribution < -0.4 is 14.8 Å². The summed E-state index contributed by atoms with van der Waals surface area (Å²) >= 11 is 5.97. The highest BCUT2D eigenvalue weighted by Gasteiger charge is 2.22. The van der Waals surface area contributed by atoms with E-state index in [1.807, 2.05) is 42.5 Å². The zero-order valence-electron chi connectivity index (χ0n) is 17.2. The van der Waals surface area contributed by atoms with Gasteiger partial charge in [-0.25, -0.2) is 0 Å². The summed E-state index contributed by atoms with van der Waals surface area (Å²) in [6, 6.07) is 19.9. The van der Waals surface area contributed by atoms with Crippen LogP contribution in [0.1, 0.15) is 11.7 Å². The largest absolute Gasteiger partial charge is 0.493 e. The van der Waals surface area contributed by atoms with Gasteiger partial charge in [0, 0.05) is 16.3 Å². The first-order valence-electron chi connectivity index (χ1n) is 9.50. The van der Waals surface area contributed by atoms with E-state index in [0.29, 0.717) is 27.8 Å². The van der Waals surface area contributed by atoms with Crippen LogP contribution in [-0.2, 0) is 9.53 Å². The van der Waals surface area contributed by atoms with E-state index in [9.17, 15) is 4.79 Å². The van der Waals surface area contributed by atoms with Crippen LogP contribution in [0.3, 0.4) is 0 Å². The Balaban J connectivity index is 1.92. The van der Waals surface area contributed by atoms with Crippen molar-refractivity contribution < 1.29 is 19.0 Å². The lowest BCUT2D eigenvalue weighted by Crippen LogP contribution is -2.24. The maximum Gasteiger partial charge on any atom is 0.258 e. The first-order chi connectivity index (χ1) is 15.1. The molecule has 1 unspecified atom stereocenters. The molecule has 31 heavy (non-hydrogen) atoms. The van der Waals surface area contributed by atoms with Crippen LogP contribution in [-0.4, -0.2) is 26.7 Å². The second-order valence-electron chi connectivity index (χ2n) is 6.55. The second kappa shape index (κ2) is 10.5. The molecule has 0 aromatic heterocycles. The van der Waals surface area contributed by atoms with Crippen molar-refractivity contribution in [1.82, 2.24) is 0 Å². The smallest absolute Gasteiger partial charge is 0.258 e. The minimum atomic E-state index is -0.883. The van der Waals surface area contributed by atoms with Gasteiger partial charge in [0.05, 0.1) is 14.2 Å². The van der Waals surface area contributed by atoms with Crippen molar-refractivity contribution in [3.05, 3.63) is 77.3 Å². The van der Waals surface area contributed by atoms with Crippen molar-refractivity contribution in [3.63, 3.8) is 0 Å². The zero-order chi connectivity index (χ0) is 22.2. The van der Waals surface area contributed by atoms with Gasteiger partial charge in [0.15, 0.2) is 17.6 Å². The van der Waals surface area contributed by atoms with E-state index in [4.69, 9.17) is 32.2 Å². The van der Waals surface area contributed by atoms with E-state index < -0.39 is 6.10 Å². The molecule has 1 atom stereocenters. The number of terminal acetylenes is 1. The van der Waals surface area contributed by atoms with Crippen LogP contribution in [0.25, 0.3) is 11.1 Å². The minimum absolute atomic E-state index is 0.00195. The molecule has 3 aromatic rings. The third-order valence-corrected chi connectivity index (χ3v) is 4.88. The zero-order valence-corrected chi connectivity index (χ0v) is 18.0. The SMILES string of the molecule is C#CCOC(C(=O)Nc1ccccc1-c1ccc(OC)c(OC)c1)c1ccc(Cl)cc1. The number of anilines is 1. The molecule has 0 heterocycles. The third kappa shape index (κ3) is 5.37. The van der Waals surface area contributed by atoms with E-state index in [-0.39, 0.29) is 12.5 Å². The second-order valence-corrected chi connectivity index (χ2v) is 6.99. The number of halogens is 1. The average molecular weight is 436 g/mol. The van der Waals surface area contributed by atoms with Gasteiger partial charge in [-0.2, -0.15) is 0 Å². The summed E-state index contributed by atoms with van der Waals surface area (Å²) in [7, 11) is 3.16. The fourth-order valence-corrected chi connectivity index (χ4v) is 3.26. The monoisotopic (exact) mass is 435 g/mol. The van der Waals surface area contributed by atoms with Crippen molar-refractivity contribution in [2.75, 3.05) is 26.1 Å². The van der Waals surface area contributed by atoms with Crippen molar-refractivity contribution in [3.8, 4) is 35.0 Å². The van der Waals surface area contributed by atoms with Crippen LogP contribution in [0, 0.1) is 12.3 Å². The molecule has 0 aliphatic rings. The number of carbonyl (C=O) groups excluding carboxylic acids is 1. The summed E-state index contributed by atoms with van der Waals surface area (Å²) in [5, 5.41) is 3.53. The Hall–Kier alpha value is -3.46. The fraction of sp³-hybridized carbons (Fsp3) is 0.160. The number of ether oxygens (including phenoxy) is 3. The Morgan fingerprint density at radius 2 is 1.74 bits per heavy atom. The fourth-order valence-electron chi connectivity index (χ4n) is 3.14. The van der Waals surface area contributed by atoms with E-state index in [1.165, 1.54) is 0 Å². The lowest BCUT2D eigenvalue weighted by molar-refractivity contribution is -0.126. The summed E-state index contributed by atoms with van der Waals surface area (Å²) in [4.78, 5) is 13.1. The maximum atomic E-state index is 13.1. The summed E-state index contributed by atoms with van der Waals surface area (Å²) in [6.45, 7) is -0.00195. The van der Waals surface area contributed by atoms with Crippen LogP contribution in [0.15, 0.2) is 66.7 Å². The van der Waals surface area contributed by atoms with Gasteiger partial charge in [-0.1, -0.05) is 53.9 Å². The van der Waals surface area contributed by atoms with Gasteiger partial charge in [0.1, 0.15) is 6.61 Å². The number of hydrogen-bond acceptors (Lipinski definition) is 4. The van der Waals surface area contributed by atoms with E-state index in [2.05, 4.69) is 11.2 Å². The molecule has 0 spiro atoms. The molecule has 0 fully saturated rings. The highest BCUT2D eigenvalue weighted by molar-refractivity contribution is 6.30. The Labute approximate surface area is 186 Å². The summed E-state index contributed by atoms with van der Waals surface area (Å²) in [5.41, 5.74) is 2.97. The van der Waals surface area contributed by atoms with Gasteiger partial charge in [-0.15, -0.1) is 6.42 Å². The van der Waals surface area contributed by atoms with E-state index in [1.54, 1.807) is 38.5 Å². The summed E-state index contributed by atoms with van der Waals surface area (Å²) in [5.74, 6) is 3.28. The van der Waals surface area contributed by atoms with Crippen molar-refractivity contribution in [1.29, 1.82) is 0 Å². The molecule has 158 valence electrons. The number of hydrogen-bond donors (Lipinski definition) is 1. The van der Waals surface area contributed by atoms with Crippen LogP contribution >= 0.6 is 11.6 Å². The molecule has 3 rings (SSSR count). The first-order valence-corrected chi connectivity index (χ1v) is 9.88. The van der Waals surface area contributed by atoms with Crippen molar-refractivity contribution >= 4 is 23.2 Å². The summed E-state index contributed by atoms with van der Waals surface area (Å²) in [6.07, 6.45) is 4.45. The highest BCUT2D eigenvalue weighted by Crippen LogP contribution is 2.35. The number of amides is 1. The standard InChI is InChI=1S/C25H22ClNO4/c1-4-15-31-24(17-9-12-19(26)13-10-17)25(28)27-21-8-6-5-7-20(21)18-11-14-22(29-2)23(16-18)30-3/h1,5-14,16,24H,15H2,2-3H3,(H,27,28). The van der Waals surface area contributed by atoms with Gasteiger partial charge in [-0.05, 0) is 41.5 Å². The highest BCUT2D eigenvalue weighted by atomic mass is 35.5. The number of carbonyl (C=O) groups is 1. The summed E-state index contributed by atoms with van der Waals surface area (Å²) < 4.78 is 16.4. The van der Waals surface area contributed by atoms with Crippen LogP contribution in [0.4, 0.5) is 5.69 Å². The topological polar surface area (TPSA) is 56.8 Å². The lowest BCUT2D eigenvalue weighted by Gasteiger charge is -2.19. The number of rotatable bonds is 8. The molecule has 0 saturated carbocycles. The molecular formula is C25H22ClNO4. The lowest BCUT2D eigenvalue weighted by atomic mass is 10.0. The van der Waals surface area contributed by atoms with E-state index >= 15 is 0 Å². The number of para-hydroxylation sites is 1. The molecule has 0 bridgehead atoms. The van der Waals surface area contributed by atoms with Gasteiger partial charge in [0.2, 0.25) is 0 Å².